The van der Waals surface area contributed by atoms with Gasteiger partial charge in [0.2, 0.25) is 0 Å². The van der Waals surface area contributed by atoms with Gasteiger partial charge in [0, 0.05) is 44.0 Å². The van der Waals surface area contributed by atoms with Crippen LogP contribution in [0.3, 0.4) is 0 Å². The van der Waals surface area contributed by atoms with Gasteiger partial charge in [-0.1, -0.05) is 12.1 Å². The molecule has 0 spiro atoms. The highest BCUT2D eigenvalue weighted by Crippen LogP contribution is 2.34. The number of ether oxygens (including phenoxy) is 1. The highest BCUT2D eigenvalue weighted by atomic mass is 19.4. The molecule has 1 aliphatic carbocycles. The number of alkyl halides is 3. The van der Waals surface area contributed by atoms with Crippen LogP contribution in [0.1, 0.15) is 30.4 Å². The van der Waals surface area contributed by atoms with Crippen LogP contribution in [0.4, 0.5) is 18.0 Å². The number of allylic oxidation sites excluding steroid dienone is 1. The average Bonchev–Trinajstić information content (AvgIpc) is 3.32. The maximum absolute atomic E-state index is 12.6. The second-order valence-corrected chi connectivity index (χ2v) is 8.81. The summed E-state index contributed by atoms with van der Waals surface area (Å²) < 4.78 is 43.2. The Morgan fingerprint density at radius 2 is 1.72 bits per heavy atom. The van der Waals surface area contributed by atoms with Crippen LogP contribution in [0, 0.1) is 11.8 Å². The number of fused-ring (bicyclic) bond motifs is 1. The fourth-order valence-corrected chi connectivity index (χ4v) is 4.71. The lowest BCUT2D eigenvalue weighted by molar-refractivity contribution is -0.268. The maximum Gasteiger partial charge on any atom is 0.416 e. The van der Waals surface area contributed by atoms with Crippen molar-refractivity contribution in [1.82, 2.24) is 15.1 Å². The number of halogens is 3. The molecule has 0 bridgehead atoms. The SMILES string of the molecule is NC1=C(N)C[C@H](N(O)N2CC3CN(C(=O)OCc4ccc(C(F)(F)F)cc4)CC3C2)CC1. The number of hydrazine groups is 1. The third-order valence-electron chi connectivity index (χ3n) is 6.60. The Balaban J connectivity index is 1.24. The molecule has 4 rings (SSSR count). The molecule has 3 aliphatic rings. The molecule has 1 amide bonds. The number of benzene rings is 1. The van der Waals surface area contributed by atoms with Gasteiger partial charge in [-0.15, -0.1) is 5.17 Å². The molecule has 2 heterocycles. The van der Waals surface area contributed by atoms with Gasteiger partial charge < -0.3 is 21.1 Å². The first-order chi connectivity index (χ1) is 15.1. The standard InChI is InChI=1S/C21H28F3N5O3/c22-21(23,24)16-3-1-13(2-4-16)12-32-20(30)27-8-14-10-28(11-15(14)9-27)29(31)17-5-6-18(25)19(26)7-17/h1-4,14-15,17,31H,5-12,25-26H2/t14?,15?,17-/m1/s1. The van der Waals surface area contributed by atoms with Crippen molar-refractivity contribution in [2.24, 2.45) is 23.3 Å². The minimum atomic E-state index is -4.39. The second kappa shape index (κ2) is 8.80. The minimum absolute atomic E-state index is 0.0842. The number of amides is 1. The molecular formula is C21H28F3N5O3. The van der Waals surface area contributed by atoms with Gasteiger partial charge in [0.05, 0.1) is 11.6 Å². The molecule has 2 saturated heterocycles. The molecule has 3 atom stereocenters. The van der Waals surface area contributed by atoms with Crippen LogP contribution in [0.15, 0.2) is 35.7 Å². The Kier molecular flexibility index (Phi) is 6.24. The van der Waals surface area contributed by atoms with E-state index >= 15 is 0 Å². The number of nitrogens with zero attached hydrogens (tertiary/aromatic N) is 3. The van der Waals surface area contributed by atoms with Gasteiger partial charge in [-0.3, -0.25) is 5.21 Å². The molecule has 2 aliphatic heterocycles. The molecule has 1 aromatic carbocycles. The predicted molar refractivity (Wildman–Crippen MR) is 108 cm³/mol. The molecule has 11 heteroatoms. The van der Waals surface area contributed by atoms with Crippen molar-refractivity contribution < 1.29 is 27.9 Å². The summed E-state index contributed by atoms with van der Waals surface area (Å²) in [4.78, 5) is 14.1. The fourth-order valence-electron chi connectivity index (χ4n) is 4.71. The van der Waals surface area contributed by atoms with E-state index in [1.54, 1.807) is 4.90 Å². The van der Waals surface area contributed by atoms with Crippen molar-refractivity contribution in [3.05, 3.63) is 46.8 Å². The topological polar surface area (TPSA) is 108 Å². The normalized spacial score (nSPS) is 26.7. The summed E-state index contributed by atoms with van der Waals surface area (Å²) in [5.41, 5.74) is 12.9. The third-order valence-corrected chi connectivity index (χ3v) is 6.60. The Bertz CT molecular complexity index is 862. The van der Waals surface area contributed by atoms with E-state index in [1.165, 1.54) is 17.3 Å². The Morgan fingerprint density at radius 1 is 1.09 bits per heavy atom. The van der Waals surface area contributed by atoms with Gasteiger partial charge in [-0.25, -0.2) is 9.80 Å². The van der Waals surface area contributed by atoms with Crippen LogP contribution in [0.2, 0.25) is 0 Å². The van der Waals surface area contributed by atoms with Crippen LogP contribution in [-0.4, -0.2) is 58.6 Å². The van der Waals surface area contributed by atoms with Gasteiger partial charge in [0.1, 0.15) is 6.61 Å². The minimum Gasteiger partial charge on any atom is -0.445 e. The van der Waals surface area contributed by atoms with Crippen molar-refractivity contribution in [3.8, 4) is 0 Å². The Morgan fingerprint density at radius 3 is 2.28 bits per heavy atom. The highest BCUT2D eigenvalue weighted by Gasteiger charge is 2.44. The predicted octanol–water partition coefficient (Wildman–Crippen LogP) is 2.49. The number of rotatable bonds is 4. The molecule has 176 valence electrons. The number of carbonyl (C=O) groups is 1. The molecule has 1 aromatic rings. The van der Waals surface area contributed by atoms with Gasteiger partial charge in [-0.05, 0) is 42.4 Å². The number of nitrogens with two attached hydrogens (primary N) is 2. The van der Waals surface area contributed by atoms with Crippen molar-refractivity contribution in [2.75, 3.05) is 26.2 Å². The summed E-state index contributed by atoms with van der Waals surface area (Å²) in [5, 5.41) is 13.8. The molecule has 0 aromatic heterocycles. The van der Waals surface area contributed by atoms with E-state index in [0.29, 0.717) is 56.0 Å². The summed E-state index contributed by atoms with van der Waals surface area (Å²) in [7, 11) is 0. The molecule has 2 fully saturated rings. The van der Waals surface area contributed by atoms with Crippen LogP contribution < -0.4 is 11.5 Å². The van der Waals surface area contributed by atoms with Gasteiger partial charge in [0.15, 0.2) is 0 Å². The van der Waals surface area contributed by atoms with E-state index in [4.69, 9.17) is 16.2 Å². The number of carbonyl (C=O) groups excluding carboxylic acids is 1. The zero-order valence-corrected chi connectivity index (χ0v) is 17.6. The monoisotopic (exact) mass is 455 g/mol. The Hall–Kier alpha value is -2.50. The average molecular weight is 455 g/mol. The summed E-state index contributed by atoms with van der Waals surface area (Å²) in [6, 6.07) is 4.46. The maximum atomic E-state index is 12.6. The lowest BCUT2D eigenvalue weighted by Gasteiger charge is -2.36. The first kappa shape index (κ1) is 22.7. The van der Waals surface area contributed by atoms with E-state index in [9.17, 15) is 23.2 Å². The fraction of sp³-hybridized carbons (Fsp3) is 0.571. The molecule has 0 radical (unpaired) electrons. The van der Waals surface area contributed by atoms with Crippen molar-refractivity contribution in [2.45, 2.75) is 38.1 Å². The largest absolute Gasteiger partial charge is 0.445 e. The summed E-state index contributed by atoms with van der Waals surface area (Å²) in [6.07, 6.45) is -2.96. The van der Waals surface area contributed by atoms with Gasteiger partial charge in [-0.2, -0.15) is 13.2 Å². The van der Waals surface area contributed by atoms with E-state index in [2.05, 4.69) is 0 Å². The summed E-state index contributed by atoms with van der Waals surface area (Å²) >= 11 is 0. The Labute approximate surface area is 184 Å². The van der Waals surface area contributed by atoms with Crippen LogP contribution >= 0.6 is 0 Å². The molecule has 8 nitrogen and oxygen atoms in total. The molecule has 0 saturated carbocycles. The molecular weight excluding hydrogens is 427 g/mol. The van der Waals surface area contributed by atoms with Crippen LogP contribution in [0.5, 0.6) is 0 Å². The molecule has 32 heavy (non-hydrogen) atoms. The number of likely N-dealkylation sites (tertiary alicyclic amines) is 1. The van der Waals surface area contributed by atoms with Crippen molar-refractivity contribution >= 4 is 6.09 Å². The molecule has 2 unspecified atom stereocenters. The van der Waals surface area contributed by atoms with E-state index in [0.717, 1.165) is 18.6 Å². The zero-order chi connectivity index (χ0) is 23.0. The third kappa shape index (κ3) is 4.79. The molecule has 5 N–H and O–H groups in total. The van der Waals surface area contributed by atoms with Gasteiger partial charge in [0.25, 0.3) is 0 Å². The number of hydrogen-bond donors (Lipinski definition) is 3. The quantitative estimate of drug-likeness (QED) is 0.599. The first-order valence-corrected chi connectivity index (χ1v) is 10.7. The summed E-state index contributed by atoms with van der Waals surface area (Å²) in [5.74, 6) is 0.426. The lowest BCUT2D eigenvalue weighted by Crippen LogP contribution is -2.48. The van der Waals surface area contributed by atoms with Crippen LogP contribution in [0.25, 0.3) is 0 Å². The van der Waals surface area contributed by atoms with E-state index < -0.39 is 17.8 Å². The number of hydrogen-bond acceptors (Lipinski definition) is 7. The number of hydroxylamine groups is 1. The van der Waals surface area contributed by atoms with Gasteiger partial charge >= 0.3 is 12.3 Å². The lowest BCUT2D eigenvalue weighted by atomic mass is 9.97. The first-order valence-electron chi connectivity index (χ1n) is 10.7. The second-order valence-electron chi connectivity index (χ2n) is 8.81. The highest BCUT2D eigenvalue weighted by molar-refractivity contribution is 5.68. The van der Waals surface area contributed by atoms with Crippen molar-refractivity contribution in [3.63, 3.8) is 0 Å². The van der Waals surface area contributed by atoms with Crippen LogP contribution in [-0.2, 0) is 17.5 Å². The summed E-state index contributed by atoms with van der Waals surface area (Å²) in [6.45, 7) is 2.19. The van der Waals surface area contributed by atoms with E-state index in [1.807, 2.05) is 5.01 Å². The zero-order valence-electron chi connectivity index (χ0n) is 17.6. The smallest absolute Gasteiger partial charge is 0.416 e. The van der Waals surface area contributed by atoms with Crippen molar-refractivity contribution in [1.29, 1.82) is 0 Å². The van der Waals surface area contributed by atoms with E-state index in [-0.39, 0.29) is 24.5 Å².